The van der Waals surface area contributed by atoms with Crippen molar-refractivity contribution in [3.05, 3.63) is 29.3 Å². The third-order valence-corrected chi connectivity index (χ3v) is 3.34. The van der Waals surface area contributed by atoms with Crippen molar-refractivity contribution in [1.29, 1.82) is 0 Å². The average Bonchev–Trinajstić information content (AvgIpc) is 2.24. The molecule has 0 saturated carbocycles. The van der Waals surface area contributed by atoms with Crippen LogP contribution in [0.5, 0.6) is 0 Å². The Morgan fingerprint density at radius 1 is 1.37 bits per heavy atom. The molecule has 6 nitrogen and oxygen atoms in total. The number of hydrogen-bond acceptors (Lipinski definition) is 4. The van der Waals surface area contributed by atoms with Crippen molar-refractivity contribution in [2.75, 3.05) is 24.2 Å². The molecule has 19 heavy (non-hydrogen) atoms. The van der Waals surface area contributed by atoms with E-state index in [1.165, 1.54) is 7.11 Å². The second-order valence-electron chi connectivity index (χ2n) is 3.53. The number of benzene rings is 1. The van der Waals surface area contributed by atoms with E-state index in [0.29, 0.717) is 12.1 Å². The van der Waals surface area contributed by atoms with Crippen molar-refractivity contribution in [3.8, 4) is 0 Å². The maximum Gasteiger partial charge on any atom is 0.341 e. The molecule has 1 aromatic rings. The molecule has 0 spiro atoms. The van der Waals surface area contributed by atoms with E-state index in [2.05, 4.69) is 4.74 Å². The van der Waals surface area contributed by atoms with Gasteiger partial charge in [-0.3, -0.25) is 4.72 Å². The van der Waals surface area contributed by atoms with Gasteiger partial charge in [-0.2, -0.15) is 0 Å². The first-order valence-electron chi connectivity index (χ1n) is 4.98. The van der Waals surface area contributed by atoms with E-state index in [-0.39, 0.29) is 6.61 Å². The molecule has 0 heterocycles. The first-order valence-corrected chi connectivity index (χ1v) is 6.64. The van der Waals surface area contributed by atoms with Gasteiger partial charge in [0.05, 0.1) is 18.0 Å². The molecular formula is C10H11F2NO5S. The average molecular weight is 295 g/mol. The fourth-order valence-electron chi connectivity index (χ4n) is 1.26. The predicted octanol–water partition coefficient (Wildman–Crippen LogP) is 1.05. The zero-order valence-electron chi connectivity index (χ0n) is 9.81. The quantitative estimate of drug-likeness (QED) is 0.818. The van der Waals surface area contributed by atoms with Crippen LogP contribution < -0.4 is 4.72 Å². The molecule has 1 rings (SSSR count). The number of rotatable bonds is 6. The lowest BCUT2D eigenvalue weighted by molar-refractivity contribution is 0.0686. The van der Waals surface area contributed by atoms with E-state index in [1.54, 1.807) is 0 Å². The highest BCUT2D eigenvalue weighted by molar-refractivity contribution is 7.92. The number of carboxylic acid groups (broad SMARTS) is 1. The van der Waals surface area contributed by atoms with Crippen molar-refractivity contribution < 1.29 is 31.8 Å². The van der Waals surface area contributed by atoms with Crippen LogP contribution in [0.2, 0.25) is 0 Å². The Balaban J connectivity index is 3.02. The minimum Gasteiger partial charge on any atom is -0.477 e. The van der Waals surface area contributed by atoms with Gasteiger partial charge in [-0.15, -0.1) is 0 Å². The topological polar surface area (TPSA) is 92.7 Å². The molecule has 0 bridgehead atoms. The molecule has 0 amide bonds. The summed E-state index contributed by atoms with van der Waals surface area (Å²) in [6, 6.07) is 1.19. The third-order valence-electron chi connectivity index (χ3n) is 2.09. The maximum atomic E-state index is 13.3. The van der Waals surface area contributed by atoms with E-state index in [4.69, 9.17) is 5.11 Å². The summed E-state index contributed by atoms with van der Waals surface area (Å²) >= 11 is 0. The summed E-state index contributed by atoms with van der Waals surface area (Å²) in [6.07, 6.45) is 0. The second-order valence-corrected chi connectivity index (χ2v) is 5.38. The van der Waals surface area contributed by atoms with Gasteiger partial charge in [-0.1, -0.05) is 0 Å². The summed E-state index contributed by atoms with van der Waals surface area (Å²) in [5.41, 5.74) is -1.53. The molecule has 0 fully saturated rings. The van der Waals surface area contributed by atoms with Crippen LogP contribution in [0.4, 0.5) is 14.5 Å². The van der Waals surface area contributed by atoms with Gasteiger partial charge >= 0.3 is 5.97 Å². The summed E-state index contributed by atoms with van der Waals surface area (Å²) in [6.45, 7) is -0.0898. The largest absolute Gasteiger partial charge is 0.477 e. The molecule has 0 atom stereocenters. The summed E-state index contributed by atoms with van der Waals surface area (Å²) in [5, 5.41) is 8.55. The number of methoxy groups -OCH3 is 1. The van der Waals surface area contributed by atoms with Gasteiger partial charge in [0.1, 0.15) is 17.2 Å². The number of aromatic carboxylic acids is 1. The van der Waals surface area contributed by atoms with Gasteiger partial charge in [0.15, 0.2) is 0 Å². The highest BCUT2D eigenvalue weighted by Gasteiger charge is 2.19. The normalized spacial score (nSPS) is 11.3. The Morgan fingerprint density at radius 2 is 1.89 bits per heavy atom. The van der Waals surface area contributed by atoms with Gasteiger partial charge in [-0.05, 0) is 12.1 Å². The first-order chi connectivity index (χ1) is 8.76. The van der Waals surface area contributed by atoms with Crippen LogP contribution >= 0.6 is 0 Å². The summed E-state index contributed by atoms with van der Waals surface area (Å²) < 4.78 is 56.0. The van der Waals surface area contributed by atoms with Crippen LogP contribution in [0.25, 0.3) is 0 Å². The second kappa shape index (κ2) is 5.93. The van der Waals surface area contributed by atoms with Crippen molar-refractivity contribution in [3.63, 3.8) is 0 Å². The number of anilines is 1. The highest BCUT2D eigenvalue weighted by atomic mass is 32.2. The Labute approximate surface area is 108 Å². The Hall–Kier alpha value is -1.74. The van der Waals surface area contributed by atoms with Gasteiger partial charge in [0.25, 0.3) is 0 Å². The fourth-order valence-corrected chi connectivity index (χ4v) is 2.23. The molecule has 0 aliphatic rings. The van der Waals surface area contributed by atoms with Gasteiger partial charge in [-0.25, -0.2) is 22.0 Å². The Bertz CT molecular complexity index is 565. The molecular weight excluding hydrogens is 284 g/mol. The molecule has 0 saturated heterocycles. The van der Waals surface area contributed by atoms with Crippen molar-refractivity contribution in [2.24, 2.45) is 0 Å². The summed E-state index contributed by atoms with van der Waals surface area (Å²) in [4.78, 5) is 10.5. The van der Waals surface area contributed by atoms with Crippen LogP contribution in [0.3, 0.4) is 0 Å². The van der Waals surface area contributed by atoms with Crippen molar-refractivity contribution in [2.45, 2.75) is 0 Å². The Morgan fingerprint density at radius 3 is 2.32 bits per heavy atom. The predicted molar refractivity (Wildman–Crippen MR) is 62.6 cm³/mol. The number of hydrogen-bond donors (Lipinski definition) is 2. The Kier molecular flexibility index (Phi) is 4.78. The van der Waals surface area contributed by atoms with Crippen molar-refractivity contribution in [1.82, 2.24) is 0 Å². The molecule has 9 heteroatoms. The van der Waals surface area contributed by atoms with Gasteiger partial charge in [0.2, 0.25) is 10.0 Å². The minimum atomic E-state index is -3.82. The molecule has 0 aliphatic carbocycles. The fraction of sp³-hybridized carbons (Fsp3) is 0.300. The highest BCUT2D eigenvalue weighted by Crippen LogP contribution is 2.19. The zero-order valence-corrected chi connectivity index (χ0v) is 10.6. The molecule has 2 N–H and O–H groups in total. The maximum absolute atomic E-state index is 13.3. The minimum absolute atomic E-state index is 0.0898. The SMILES string of the molecule is COCCS(=O)(=O)Nc1cc(F)c(C(=O)O)c(F)c1. The summed E-state index contributed by atoms with van der Waals surface area (Å²) in [5.74, 6) is -4.90. The number of ether oxygens (including phenoxy) is 1. The monoisotopic (exact) mass is 295 g/mol. The van der Waals surface area contributed by atoms with E-state index in [9.17, 15) is 22.0 Å². The standard InChI is InChI=1S/C10H11F2NO5S/c1-18-2-3-19(16,17)13-6-4-7(11)9(10(14)15)8(12)5-6/h4-5,13H,2-3H2,1H3,(H,14,15). The molecule has 0 unspecified atom stereocenters. The van der Waals surface area contributed by atoms with E-state index >= 15 is 0 Å². The molecule has 1 aromatic carbocycles. The van der Waals surface area contributed by atoms with Gasteiger partial charge in [0, 0.05) is 7.11 Å². The molecule has 106 valence electrons. The van der Waals surface area contributed by atoms with Crippen molar-refractivity contribution >= 4 is 21.7 Å². The number of carboxylic acids is 1. The van der Waals surface area contributed by atoms with Crippen LogP contribution in [0.15, 0.2) is 12.1 Å². The van der Waals surface area contributed by atoms with Gasteiger partial charge < -0.3 is 9.84 Å². The van der Waals surface area contributed by atoms with Crippen LogP contribution in [-0.4, -0.2) is 39.0 Å². The molecule has 0 radical (unpaired) electrons. The number of nitrogens with one attached hydrogen (secondary N) is 1. The summed E-state index contributed by atoms with van der Waals surface area (Å²) in [7, 11) is -2.52. The van der Waals surface area contributed by atoms with Crippen LogP contribution in [0, 0.1) is 11.6 Å². The molecule has 0 aliphatic heterocycles. The smallest absolute Gasteiger partial charge is 0.341 e. The number of halogens is 2. The van der Waals surface area contributed by atoms with E-state index < -0.39 is 44.6 Å². The lowest BCUT2D eigenvalue weighted by atomic mass is 10.2. The number of sulfonamides is 1. The first kappa shape index (κ1) is 15.3. The van der Waals surface area contributed by atoms with Crippen LogP contribution in [-0.2, 0) is 14.8 Å². The third kappa shape index (κ3) is 4.14. The lowest BCUT2D eigenvalue weighted by Gasteiger charge is -2.09. The molecule has 0 aromatic heterocycles. The van der Waals surface area contributed by atoms with E-state index in [0.717, 1.165) is 0 Å². The lowest BCUT2D eigenvalue weighted by Crippen LogP contribution is -2.20. The van der Waals surface area contributed by atoms with E-state index in [1.807, 2.05) is 4.72 Å². The zero-order chi connectivity index (χ0) is 14.6. The van der Waals surface area contributed by atoms with Crippen LogP contribution in [0.1, 0.15) is 10.4 Å². The number of carbonyl (C=O) groups is 1.